The number of hydrogen-bond donors (Lipinski definition) is 3. The lowest BCUT2D eigenvalue weighted by atomic mass is 10.1. The van der Waals surface area contributed by atoms with Gasteiger partial charge >= 0.3 is 5.97 Å². The average Bonchev–Trinajstić information content (AvgIpc) is 2.01. The Morgan fingerprint density at radius 1 is 1.64 bits per heavy atom. The predicted molar refractivity (Wildman–Crippen MR) is 51.0 cm³/mol. The highest BCUT2D eigenvalue weighted by Gasteiger charge is 2.13. The standard InChI is InChI=1S/C9H12N2O3/c1-5-2-3-6(9(14)11-5)7(10)4-8(12)13/h2-3,7H,4,10H2,1H3,(H,11,14)(H,12,13)/t7-/m0/s1. The molecule has 0 unspecified atom stereocenters. The second-order valence-electron chi connectivity index (χ2n) is 3.13. The number of aromatic amines is 1. The number of aromatic nitrogens is 1. The van der Waals surface area contributed by atoms with Crippen molar-refractivity contribution in [1.29, 1.82) is 0 Å². The Labute approximate surface area is 80.6 Å². The fraction of sp³-hybridized carbons (Fsp3) is 0.333. The molecule has 0 fully saturated rings. The second-order valence-corrected chi connectivity index (χ2v) is 3.13. The molecule has 76 valence electrons. The number of pyridine rings is 1. The smallest absolute Gasteiger partial charge is 0.305 e. The van der Waals surface area contributed by atoms with Crippen molar-refractivity contribution in [3.05, 3.63) is 33.7 Å². The third-order valence-electron chi connectivity index (χ3n) is 1.88. The van der Waals surface area contributed by atoms with Gasteiger partial charge in [0.2, 0.25) is 0 Å². The molecule has 0 aliphatic carbocycles. The minimum atomic E-state index is -1.02. The van der Waals surface area contributed by atoms with Crippen LogP contribution in [-0.4, -0.2) is 16.1 Å². The highest BCUT2D eigenvalue weighted by molar-refractivity contribution is 5.67. The van der Waals surface area contributed by atoms with Crippen LogP contribution in [-0.2, 0) is 4.79 Å². The maximum Gasteiger partial charge on any atom is 0.305 e. The second kappa shape index (κ2) is 4.06. The van der Waals surface area contributed by atoms with Crippen LogP contribution in [0.2, 0.25) is 0 Å². The van der Waals surface area contributed by atoms with E-state index in [4.69, 9.17) is 10.8 Å². The van der Waals surface area contributed by atoms with E-state index in [-0.39, 0.29) is 12.0 Å². The summed E-state index contributed by atoms with van der Waals surface area (Å²) in [6.07, 6.45) is -0.244. The van der Waals surface area contributed by atoms with Gasteiger partial charge in [-0.25, -0.2) is 0 Å². The molecule has 0 amide bonds. The van der Waals surface area contributed by atoms with Crippen LogP contribution in [0.1, 0.15) is 23.7 Å². The summed E-state index contributed by atoms with van der Waals surface area (Å²) >= 11 is 0. The van der Waals surface area contributed by atoms with E-state index in [0.717, 1.165) is 5.69 Å². The molecule has 0 saturated heterocycles. The number of H-pyrrole nitrogens is 1. The summed E-state index contributed by atoms with van der Waals surface area (Å²) in [7, 11) is 0. The maximum absolute atomic E-state index is 11.3. The number of rotatable bonds is 3. The van der Waals surface area contributed by atoms with E-state index in [1.165, 1.54) is 0 Å². The lowest BCUT2D eigenvalue weighted by molar-refractivity contribution is -0.137. The summed E-state index contributed by atoms with van der Waals surface area (Å²) in [5, 5.41) is 8.50. The van der Waals surface area contributed by atoms with E-state index < -0.39 is 12.0 Å². The van der Waals surface area contributed by atoms with E-state index in [1.807, 2.05) is 0 Å². The molecule has 1 rings (SSSR count). The number of aryl methyl sites for hydroxylation is 1. The van der Waals surface area contributed by atoms with E-state index in [0.29, 0.717) is 5.56 Å². The highest BCUT2D eigenvalue weighted by Crippen LogP contribution is 2.08. The van der Waals surface area contributed by atoms with Gasteiger partial charge in [-0.05, 0) is 13.0 Å². The van der Waals surface area contributed by atoms with Gasteiger partial charge in [-0.3, -0.25) is 9.59 Å². The Bertz CT molecular complexity index is 397. The van der Waals surface area contributed by atoms with Crippen molar-refractivity contribution in [3.63, 3.8) is 0 Å². The van der Waals surface area contributed by atoms with Gasteiger partial charge in [0.15, 0.2) is 0 Å². The first-order valence-electron chi connectivity index (χ1n) is 4.18. The first-order chi connectivity index (χ1) is 6.50. The van der Waals surface area contributed by atoms with Gasteiger partial charge in [-0.15, -0.1) is 0 Å². The largest absolute Gasteiger partial charge is 0.481 e. The molecule has 14 heavy (non-hydrogen) atoms. The number of aliphatic carboxylic acids is 1. The fourth-order valence-corrected chi connectivity index (χ4v) is 1.17. The summed E-state index contributed by atoms with van der Waals surface area (Å²) in [4.78, 5) is 24.3. The molecule has 0 aliphatic rings. The predicted octanol–water partition coefficient (Wildman–Crippen LogP) is 0.158. The minimum Gasteiger partial charge on any atom is -0.481 e. The van der Waals surface area contributed by atoms with Crippen LogP contribution in [0.25, 0.3) is 0 Å². The van der Waals surface area contributed by atoms with Gasteiger partial charge < -0.3 is 15.8 Å². The molecule has 0 aliphatic heterocycles. The molecule has 1 aromatic rings. The summed E-state index contributed by atoms with van der Waals surface area (Å²) in [5.41, 5.74) is 6.25. The zero-order chi connectivity index (χ0) is 10.7. The Balaban J connectivity index is 2.96. The third kappa shape index (κ3) is 2.43. The molecule has 4 N–H and O–H groups in total. The molecule has 0 aromatic carbocycles. The number of nitrogens with two attached hydrogens (primary N) is 1. The lowest BCUT2D eigenvalue weighted by Gasteiger charge is -2.07. The topological polar surface area (TPSA) is 96.2 Å². The van der Waals surface area contributed by atoms with Crippen LogP contribution in [0.4, 0.5) is 0 Å². The molecular formula is C9H12N2O3. The van der Waals surface area contributed by atoms with Crippen molar-refractivity contribution in [1.82, 2.24) is 4.98 Å². The summed E-state index contributed by atoms with van der Waals surface area (Å²) in [6, 6.07) is 2.50. The highest BCUT2D eigenvalue weighted by atomic mass is 16.4. The van der Waals surface area contributed by atoms with Gasteiger partial charge in [0.05, 0.1) is 6.42 Å². The zero-order valence-electron chi connectivity index (χ0n) is 7.78. The quantitative estimate of drug-likeness (QED) is 0.641. The van der Waals surface area contributed by atoms with Crippen LogP contribution in [0.5, 0.6) is 0 Å². The minimum absolute atomic E-state index is 0.244. The van der Waals surface area contributed by atoms with Crippen LogP contribution >= 0.6 is 0 Å². The van der Waals surface area contributed by atoms with Gasteiger partial charge in [0.1, 0.15) is 0 Å². The molecular weight excluding hydrogens is 184 g/mol. The Hall–Kier alpha value is -1.62. The van der Waals surface area contributed by atoms with Crippen LogP contribution < -0.4 is 11.3 Å². The molecule has 0 saturated carbocycles. The van der Waals surface area contributed by atoms with Gasteiger partial charge in [0, 0.05) is 17.3 Å². The SMILES string of the molecule is Cc1ccc([C@@H](N)CC(=O)O)c(=O)[nH]1. The Morgan fingerprint density at radius 2 is 2.29 bits per heavy atom. The zero-order valence-corrected chi connectivity index (χ0v) is 7.78. The number of carbonyl (C=O) groups is 1. The van der Waals surface area contributed by atoms with E-state index in [1.54, 1.807) is 19.1 Å². The van der Waals surface area contributed by atoms with Gasteiger partial charge in [-0.2, -0.15) is 0 Å². The van der Waals surface area contributed by atoms with Crippen molar-refractivity contribution in [2.24, 2.45) is 5.73 Å². The van der Waals surface area contributed by atoms with Gasteiger partial charge in [-0.1, -0.05) is 6.07 Å². The normalized spacial score (nSPS) is 12.4. The van der Waals surface area contributed by atoms with Crippen molar-refractivity contribution in [2.75, 3.05) is 0 Å². The number of nitrogens with one attached hydrogen (secondary N) is 1. The van der Waals surface area contributed by atoms with E-state index >= 15 is 0 Å². The number of hydrogen-bond acceptors (Lipinski definition) is 3. The monoisotopic (exact) mass is 196 g/mol. The van der Waals surface area contributed by atoms with Crippen LogP contribution in [0.15, 0.2) is 16.9 Å². The van der Waals surface area contributed by atoms with Gasteiger partial charge in [0.25, 0.3) is 5.56 Å². The Kier molecular flexibility index (Phi) is 3.03. The molecule has 1 aromatic heterocycles. The first-order valence-corrected chi connectivity index (χ1v) is 4.18. The molecule has 0 radical (unpaired) electrons. The summed E-state index contributed by atoms with van der Waals surface area (Å²) < 4.78 is 0. The molecule has 1 heterocycles. The maximum atomic E-state index is 11.3. The van der Waals surface area contributed by atoms with Crippen molar-refractivity contribution < 1.29 is 9.90 Å². The number of carboxylic acid groups (broad SMARTS) is 1. The average molecular weight is 196 g/mol. The van der Waals surface area contributed by atoms with E-state index in [2.05, 4.69) is 4.98 Å². The summed E-state index contributed by atoms with van der Waals surface area (Å²) in [5.74, 6) is -1.02. The molecule has 0 spiro atoms. The summed E-state index contributed by atoms with van der Waals surface area (Å²) in [6.45, 7) is 1.74. The molecule has 5 nitrogen and oxygen atoms in total. The molecule has 5 heteroatoms. The Morgan fingerprint density at radius 3 is 2.79 bits per heavy atom. The van der Waals surface area contributed by atoms with Crippen molar-refractivity contribution in [3.8, 4) is 0 Å². The lowest BCUT2D eigenvalue weighted by Crippen LogP contribution is -2.24. The number of carboxylic acids is 1. The fourth-order valence-electron chi connectivity index (χ4n) is 1.17. The van der Waals surface area contributed by atoms with Crippen molar-refractivity contribution >= 4 is 5.97 Å². The van der Waals surface area contributed by atoms with Crippen molar-refractivity contribution in [2.45, 2.75) is 19.4 Å². The van der Waals surface area contributed by atoms with Crippen LogP contribution in [0.3, 0.4) is 0 Å². The molecule has 1 atom stereocenters. The van der Waals surface area contributed by atoms with E-state index in [9.17, 15) is 9.59 Å². The molecule has 0 bridgehead atoms. The van der Waals surface area contributed by atoms with Crippen LogP contribution in [0, 0.1) is 6.92 Å². The third-order valence-corrected chi connectivity index (χ3v) is 1.88. The first kappa shape index (κ1) is 10.5.